The van der Waals surface area contributed by atoms with Crippen molar-refractivity contribution >= 4 is 10.9 Å². The highest BCUT2D eigenvalue weighted by atomic mass is 15.4. The molecule has 8 nitrogen and oxygen atoms in total. The highest BCUT2D eigenvalue weighted by molar-refractivity contribution is 5.92. The van der Waals surface area contributed by atoms with Crippen LogP contribution in [0.4, 0.5) is 0 Å². The second-order valence-electron chi connectivity index (χ2n) is 6.74. The Morgan fingerprint density at radius 3 is 2.86 bits per heavy atom. The first kappa shape index (κ1) is 16.4. The zero-order valence-corrected chi connectivity index (χ0v) is 15.3. The molecule has 1 N–H and O–H groups in total. The lowest BCUT2D eigenvalue weighted by atomic mass is 10.1. The number of nitrogens with zero attached hydrogens (tertiary/aromatic N) is 7. The average Bonchev–Trinajstić information content (AvgIpc) is 3.45. The molecule has 8 heteroatoms. The van der Waals surface area contributed by atoms with Crippen molar-refractivity contribution in [3.05, 3.63) is 72.4 Å². The van der Waals surface area contributed by atoms with Crippen molar-refractivity contribution in [2.45, 2.75) is 19.9 Å². The smallest absolute Gasteiger partial charge is 0.134 e. The van der Waals surface area contributed by atoms with Crippen molar-refractivity contribution in [1.82, 2.24) is 40.0 Å². The van der Waals surface area contributed by atoms with E-state index in [2.05, 4.69) is 49.6 Å². The van der Waals surface area contributed by atoms with Gasteiger partial charge in [-0.15, -0.1) is 5.10 Å². The van der Waals surface area contributed by atoms with E-state index >= 15 is 0 Å². The predicted molar refractivity (Wildman–Crippen MR) is 105 cm³/mol. The van der Waals surface area contributed by atoms with Crippen LogP contribution in [-0.4, -0.2) is 40.0 Å². The number of rotatable bonds is 5. The number of nitrogens with one attached hydrogen (secondary N) is 1. The minimum atomic E-state index is 0.724. The Kier molecular flexibility index (Phi) is 3.93. The largest absolute Gasteiger partial charge is 0.277 e. The van der Waals surface area contributed by atoms with E-state index in [0.29, 0.717) is 0 Å². The van der Waals surface area contributed by atoms with Crippen LogP contribution in [0, 0.1) is 6.92 Å². The van der Waals surface area contributed by atoms with Crippen LogP contribution < -0.4 is 0 Å². The molecule has 0 aliphatic rings. The van der Waals surface area contributed by atoms with Gasteiger partial charge < -0.3 is 0 Å². The summed E-state index contributed by atoms with van der Waals surface area (Å²) in [6.45, 7) is 2.85. The second-order valence-corrected chi connectivity index (χ2v) is 6.74. The quantitative estimate of drug-likeness (QED) is 0.514. The van der Waals surface area contributed by atoms with E-state index in [9.17, 15) is 0 Å². The van der Waals surface area contributed by atoms with Crippen LogP contribution in [-0.2, 0) is 13.0 Å². The lowest BCUT2D eigenvalue weighted by Gasteiger charge is -2.01. The highest BCUT2D eigenvalue weighted by Crippen LogP contribution is 2.25. The Morgan fingerprint density at radius 2 is 1.96 bits per heavy atom. The van der Waals surface area contributed by atoms with E-state index in [4.69, 9.17) is 0 Å². The summed E-state index contributed by atoms with van der Waals surface area (Å²) < 4.78 is 3.63. The third-order valence-corrected chi connectivity index (χ3v) is 4.72. The first-order chi connectivity index (χ1) is 13.8. The van der Waals surface area contributed by atoms with E-state index in [1.807, 2.05) is 35.3 Å². The van der Waals surface area contributed by atoms with E-state index < -0.39 is 0 Å². The number of hydrogen-bond acceptors (Lipinski definition) is 5. The molecule has 0 saturated heterocycles. The summed E-state index contributed by atoms with van der Waals surface area (Å²) >= 11 is 0. The summed E-state index contributed by atoms with van der Waals surface area (Å²) in [5.74, 6) is 0. The van der Waals surface area contributed by atoms with Gasteiger partial charge in [0.1, 0.15) is 17.1 Å². The molecule has 0 radical (unpaired) electrons. The minimum absolute atomic E-state index is 0.724. The molecular formula is C20H18N8. The fourth-order valence-electron chi connectivity index (χ4n) is 3.21. The normalized spacial score (nSPS) is 11.3. The summed E-state index contributed by atoms with van der Waals surface area (Å²) in [5.41, 5.74) is 5.79. The fourth-order valence-corrected chi connectivity index (χ4v) is 3.21. The maximum Gasteiger partial charge on any atom is 0.134 e. The number of hydrogen-bond donors (Lipinski definition) is 1. The number of pyridine rings is 1. The molecule has 0 aliphatic heterocycles. The third-order valence-electron chi connectivity index (χ3n) is 4.72. The van der Waals surface area contributed by atoms with Crippen LogP contribution in [0.2, 0.25) is 0 Å². The summed E-state index contributed by atoms with van der Waals surface area (Å²) in [7, 11) is 0. The number of fused-ring (bicyclic) bond motifs is 1. The molecule has 1 aromatic carbocycles. The molecule has 0 amide bonds. The van der Waals surface area contributed by atoms with Gasteiger partial charge in [0.2, 0.25) is 0 Å². The van der Waals surface area contributed by atoms with Gasteiger partial charge in [-0.3, -0.25) is 14.8 Å². The third kappa shape index (κ3) is 3.05. The molecule has 0 atom stereocenters. The van der Waals surface area contributed by atoms with E-state index in [1.165, 1.54) is 11.1 Å². The molecule has 138 valence electrons. The Bertz CT molecular complexity index is 1230. The topological polar surface area (TPSA) is 90.1 Å². The lowest BCUT2D eigenvalue weighted by Crippen LogP contribution is -2.01. The SMILES string of the molecule is Cc1ccc2[nH]nc(-c3cn(-c4cnn(CCc5ccncc5)c4)nn3)c2c1. The zero-order valence-electron chi connectivity index (χ0n) is 15.3. The molecule has 0 fully saturated rings. The van der Waals surface area contributed by atoms with Gasteiger partial charge in [-0.2, -0.15) is 10.2 Å². The van der Waals surface area contributed by atoms with Gasteiger partial charge in [0.25, 0.3) is 0 Å². The van der Waals surface area contributed by atoms with Crippen molar-refractivity contribution in [3.8, 4) is 17.1 Å². The standard InChI is InChI=1S/C20H18N8/c1-14-2-3-18-17(10-14)20(25-23-18)19-13-28(26-24-19)16-11-22-27(12-16)9-6-15-4-7-21-8-5-15/h2-5,7-8,10-13H,6,9H2,1H3,(H,23,25). The van der Waals surface area contributed by atoms with E-state index in [1.54, 1.807) is 23.3 Å². The second kappa shape index (κ2) is 6.73. The number of aromatic amines is 1. The van der Waals surface area contributed by atoms with Gasteiger partial charge in [-0.05, 0) is 43.2 Å². The van der Waals surface area contributed by atoms with Crippen LogP contribution >= 0.6 is 0 Å². The summed E-state index contributed by atoms with van der Waals surface area (Å²) in [4.78, 5) is 4.04. The number of H-pyrrole nitrogens is 1. The first-order valence-corrected chi connectivity index (χ1v) is 9.05. The van der Waals surface area contributed by atoms with Crippen LogP contribution in [0.1, 0.15) is 11.1 Å². The van der Waals surface area contributed by atoms with Gasteiger partial charge in [-0.1, -0.05) is 16.8 Å². The van der Waals surface area contributed by atoms with E-state index in [0.717, 1.165) is 40.9 Å². The van der Waals surface area contributed by atoms with Crippen LogP contribution in [0.15, 0.2) is 61.3 Å². The maximum atomic E-state index is 4.43. The van der Waals surface area contributed by atoms with Crippen molar-refractivity contribution in [1.29, 1.82) is 0 Å². The molecule has 5 rings (SSSR count). The molecule has 4 aromatic heterocycles. The van der Waals surface area contributed by atoms with E-state index in [-0.39, 0.29) is 0 Å². The number of aryl methyl sites for hydroxylation is 3. The molecule has 0 unspecified atom stereocenters. The monoisotopic (exact) mass is 370 g/mol. The van der Waals surface area contributed by atoms with Crippen molar-refractivity contribution < 1.29 is 0 Å². The van der Waals surface area contributed by atoms with Crippen LogP contribution in [0.5, 0.6) is 0 Å². The zero-order chi connectivity index (χ0) is 18.9. The number of benzene rings is 1. The van der Waals surface area contributed by atoms with Gasteiger partial charge in [0.15, 0.2) is 0 Å². The fraction of sp³-hybridized carbons (Fsp3) is 0.150. The number of aromatic nitrogens is 8. The Labute approximate surface area is 160 Å². The lowest BCUT2D eigenvalue weighted by molar-refractivity contribution is 0.614. The minimum Gasteiger partial charge on any atom is -0.277 e. The molecule has 28 heavy (non-hydrogen) atoms. The maximum absolute atomic E-state index is 4.43. The molecule has 0 spiro atoms. The molecule has 0 aliphatic carbocycles. The van der Waals surface area contributed by atoms with Gasteiger partial charge in [0, 0.05) is 24.3 Å². The molecule has 0 bridgehead atoms. The van der Waals surface area contributed by atoms with Gasteiger partial charge >= 0.3 is 0 Å². The first-order valence-electron chi connectivity index (χ1n) is 9.05. The Balaban J connectivity index is 1.37. The van der Waals surface area contributed by atoms with Crippen molar-refractivity contribution in [2.24, 2.45) is 0 Å². The summed E-state index contributed by atoms with van der Waals surface area (Å²) in [6.07, 6.45) is 10.1. The van der Waals surface area contributed by atoms with Crippen molar-refractivity contribution in [3.63, 3.8) is 0 Å². The van der Waals surface area contributed by atoms with Crippen LogP contribution in [0.25, 0.3) is 28.0 Å². The predicted octanol–water partition coefficient (Wildman–Crippen LogP) is 2.95. The van der Waals surface area contributed by atoms with Crippen molar-refractivity contribution in [2.75, 3.05) is 0 Å². The average molecular weight is 370 g/mol. The highest BCUT2D eigenvalue weighted by Gasteiger charge is 2.13. The summed E-state index contributed by atoms with van der Waals surface area (Å²) in [6, 6.07) is 10.2. The molecule has 4 heterocycles. The van der Waals surface area contributed by atoms with Gasteiger partial charge in [-0.25, -0.2) is 4.68 Å². The van der Waals surface area contributed by atoms with Crippen LogP contribution in [0.3, 0.4) is 0 Å². The summed E-state index contributed by atoms with van der Waals surface area (Å²) in [5, 5.41) is 21.5. The molecule has 5 aromatic rings. The molecule has 0 saturated carbocycles. The van der Waals surface area contributed by atoms with Gasteiger partial charge in [0.05, 0.1) is 24.1 Å². The Morgan fingerprint density at radius 1 is 1.07 bits per heavy atom. The molecular weight excluding hydrogens is 352 g/mol. The Hall–Kier alpha value is -3.81.